The van der Waals surface area contributed by atoms with Crippen LogP contribution in [0.5, 0.6) is 0 Å². The van der Waals surface area contributed by atoms with Crippen molar-refractivity contribution < 1.29 is 14.3 Å². The lowest BCUT2D eigenvalue weighted by Crippen LogP contribution is -2.46. The summed E-state index contributed by atoms with van der Waals surface area (Å²) in [6.07, 6.45) is 3.49. The maximum absolute atomic E-state index is 11.5. The fourth-order valence-electron chi connectivity index (χ4n) is 2.41. The first kappa shape index (κ1) is 13.1. The van der Waals surface area contributed by atoms with E-state index >= 15 is 0 Å². The Hall–Kier alpha value is -1.92. The molecule has 1 saturated heterocycles. The fourth-order valence-corrected chi connectivity index (χ4v) is 2.41. The largest absolute Gasteiger partial charge is 0.467 e. The maximum atomic E-state index is 11.5. The topological polar surface area (TPSA) is 56.1 Å². The normalized spacial score (nSPS) is 20.1. The van der Waals surface area contributed by atoms with Crippen molar-refractivity contribution in [3.63, 3.8) is 0 Å². The number of imidazole rings is 1. The van der Waals surface area contributed by atoms with E-state index in [0.717, 1.165) is 17.9 Å². The Morgan fingerprint density at radius 3 is 3.25 bits per heavy atom. The van der Waals surface area contributed by atoms with Crippen molar-refractivity contribution in [2.45, 2.75) is 12.6 Å². The van der Waals surface area contributed by atoms with Gasteiger partial charge in [0.15, 0.2) is 6.10 Å². The molecule has 0 bridgehead atoms. The van der Waals surface area contributed by atoms with Crippen LogP contribution in [0.25, 0.3) is 5.65 Å². The van der Waals surface area contributed by atoms with Crippen molar-refractivity contribution >= 4 is 11.6 Å². The molecule has 0 amide bonds. The molecule has 0 radical (unpaired) electrons. The number of hydrogen-bond acceptors (Lipinski definition) is 5. The summed E-state index contributed by atoms with van der Waals surface area (Å²) in [5, 5.41) is 0. The fraction of sp³-hybridized carbons (Fsp3) is 0.429. The Balaban J connectivity index is 1.69. The second-order valence-electron chi connectivity index (χ2n) is 4.82. The minimum atomic E-state index is -0.495. The number of carbonyl (C=O) groups excluding carboxylic acids is 1. The van der Waals surface area contributed by atoms with Crippen LogP contribution < -0.4 is 0 Å². The van der Waals surface area contributed by atoms with Gasteiger partial charge >= 0.3 is 5.97 Å². The molecule has 6 heteroatoms. The van der Waals surface area contributed by atoms with Gasteiger partial charge in [-0.3, -0.25) is 4.90 Å². The summed E-state index contributed by atoms with van der Waals surface area (Å²) in [6.45, 7) is 2.58. The van der Waals surface area contributed by atoms with Crippen LogP contribution in [-0.2, 0) is 20.8 Å². The number of morpholine rings is 1. The van der Waals surface area contributed by atoms with Gasteiger partial charge < -0.3 is 13.9 Å². The van der Waals surface area contributed by atoms with Crippen LogP contribution in [0.4, 0.5) is 0 Å². The molecule has 1 fully saturated rings. The van der Waals surface area contributed by atoms with Gasteiger partial charge in [0.25, 0.3) is 0 Å². The van der Waals surface area contributed by atoms with Crippen molar-refractivity contribution in [2.24, 2.45) is 0 Å². The lowest BCUT2D eigenvalue weighted by Gasteiger charge is -2.30. The smallest absolute Gasteiger partial charge is 0.336 e. The molecule has 3 rings (SSSR count). The lowest BCUT2D eigenvalue weighted by molar-refractivity contribution is -0.160. The van der Waals surface area contributed by atoms with Gasteiger partial charge in [0.1, 0.15) is 5.65 Å². The number of pyridine rings is 1. The summed E-state index contributed by atoms with van der Waals surface area (Å²) < 4.78 is 12.1. The van der Waals surface area contributed by atoms with Gasteiger partial charge in [0.05, 0.1) is 19.4 Å². The summed E-state index contributed by atoms with van der Waals surface area (Å²) in [5.41, 5.74) is 1.92. The van der Waals surface area contributed by atoms with E-state index in [9.17, 15) is 4.79 Å². The van der Waals surface area contributed by atoms with E-state index in [1.807, 2.05) is 35.0 Å². The van der Waals surface area contributed by atoms with Crippen molar-refractivity contribution in [2.75, 3.05) is 26.8 Å². The molecule has 2 aromatic heterocycles. The standard InChI is InChI=1S/C14H17N3O3/c1-19-14(18)12-10-16(6-7-20-12)8-11-9-17-5-3-2-4-13(17)15-11/h2-5,9,12H,6-8,10H2,1H3. The van der Waals surface area contributed by atoms with Gasteiger partial charge in [-0.25, -0.2) is 9.78 Å². The summed E-state index contributed by atoms with van der Waals surface area (Å²) in [6, 6.07) is 5.91. The molecular formula is C14H17N3O3. The van der Waals surface area contributed by atoms with Gasteiger partial charge in [0, 0.05) is 32.0 Å². The van der Waals surface area contributed by atoms with Gasteiger partial charge in [-0.1, -0.05) is 6.07 Å². The predicted molar refractivity (Wildman–Crippen MR) is 72.2 cm³/mol. The molecule has 1 atom stereocenters. The number of carbonyl (C=O) groups is 1. The number of rotatable bonds is 3. The van der Waals surface area contributed by atoms with Crippen molar-refractivity contribution in [3.05, 3.63) is 36.3 Å². The van der Waals surface area contributed by atoms with Gasteiger partial charge in [-0.2, -0.15) is 0 Å². The minimum absolute atomic E-state index is 0.315. The summed E-state index contributed by atoms with van der Waals surface area (Å²) >= 11 is 0. The molecule has 0 aromatic carbocycles. The van der Waals surface area contributed by atoms with Crippen molar-refractivity contribution in [1.82, 2.24) is 14.3 Å². The van der Waals surface area contributed by atoms with Crippen LogP contribution in [0.15, 0.2) is 30.6 Å². The highest BCUT2D eigenvalue weighted by Crippen LogP contribution is 2.12. The van der Waals surface area contributed by atoms with Crippen molar-refractivity contribution in [1.29, 1.82) is 0 Å². The third-order valence-electron chi connectivity index (χ3n) is 3.41. The van der Waals surface area contributed by atoms with Gasteiger partial charge in [-0.05, 0) is 12.1 Å². The number of esters is 1. The van der Waals surface area contributed by atoms with E-state index in [1.165, 1.54) is 7.11 Å². The quantitative estimate of drug-likeness (QED) is 0.772. The van der Waals surface area contributed by atoms with Crippen LogP contribution in [0.2, 0.25) is 0 Å². The Morgan fingerprint density at radius 1 is 1.55 bits per heavy atom. The molecule has 2 aromatic rings. The molecule has 1 aliphatic heterocycles. The Kier molecular flexibility index (Phi) is 3.66. The zero-order valence-electron chi connectivity index (χ0n) is 11.4. The molecule has 0 spiro atoms. The van der Waals surface area contributed by atoms with Crippen LogP contribution in [0, 0.1) is 0 Å². The molecule has 1 unspecified atom stereocenters. The second-order valence-corrected chi connectivity index (χ2v) is 4.82. The first-order valence-electron chi connectivity index (χ1n) is 6.60. The van der Waals surface area contributed by atoms with Crippen LogP contribution in [0.3, 0.4) is 0 Å². The predicted octanol–water partition coefficient (Wildman–Crippen LogP) is 0.708. The molecule has 20 heavy (non-hydrogen) atoms. The van der Waals surface area contributed by atoms with E-state index in [2.05, 4.69) is 9.88 Å². The number of aromatic nitrogens is 2. The molecule has 0 aliphatic carbocycles. The summed E-state index contributed by atoms with van der Waals surface area (Å²) in [5.74, 6) is -0.315. The molecule has 1 aliphatic rings. The SMILES string of the molecule is COC(=O)C1CN(Cc2cn3ccccc3n2)CCO1. The van der Waals surface area contributed by atoms with E-state index in [-0.39, 0.29) is 5.97 Å². The molecule has 0 N–H and O–H groups in total. The number of fused-ring (bicyclic) bond motifs is 1. The number of hydrogen-bond donors (Lipinski definition) is 0. The Morgan fingerprint density at radius 2 is 2.45 bits per heavy atom. The third kappa shape index (κ3) is 2.66. The second kappa shape index (κ2) is 5.60. The average molecular weight is 275 g/mol. The number of nitrogens with zero attached hydrogens (tertiary/aromatic N) is 3. The molecule has 6 nitrogen and oxygen atoms in total. The Labute approximate surface area is 116 Å². The van der Waals surface area contributed by atoms with Crippen LogP contribution in [-0.4, -0.2) is 53.2 Å². The molecule has 106 valence electrons. The monoisotopic (exact) mass is 275 g/mol. The highest BCUT2D eigenvalue weighted by molar-refractivity contribution is 5.74. The van der Waals surface area contributed by atoms with E-state index in [0.29, 0.717) is 19.7 Å². The molecule has 0 saturated carbocycles. The maximum Gasteiger partial charge on any atom is 0.336 e. The van der Waals surface area contributed by atoms with Crippen LogP contribution >= 0.6 is 0 Å². The van der Waals surface area contributed by atoms with E-state index < -0.39 is 6.10 Å². The molecule has 3 heterocycles. The highest BCUT2D eigenvalue weighted by atomic mass is 16.6. The molecular weight excluding hydrogens is 258 g/mol. The Bertz CT molecular complexity index is 577. The van der Waals surface area contributed by atoms with E-state index in [4.69, 9.17) is 9.47 Å². The number of methoxy groups -OCH3 is 1. The minimum Gasteiger partial charge on any atom is -0.467 e. The zero-order chi connectivity index (χ0) is 13.9. The number of ether oxygens (including phenoxy) is 2. The summed E-state index contributed by atoms with van der Waals surface area (Å²) in [7, 11) is 1.38. The summed E-state index contributed by atoms with van der Waals surface area (Å²) in [4.78, 5) is 18.2. The average Bonchev–Trinajstić information content (AvgIpc) is 2.88. The van der Waals surface area contributed by atoms with Gasteiger partial charge in [-0.15, -0.1) is 0 Å². The van der Waals surface area contributed by atoms with E-state index in [1.54, 1.807) is 0 Å². The highest BCUT2D eigenvalue weighted by Gasteiger charge is 2.27. The first-order valence-corrected chi connectivity index (χ1v) is 6.60. The third-order valence-corrected chi connectivity index (χ3v) is 3.41. The lowest BCUT2D eigenvalue weighted by atomic mass is 10.2. The zero-order valence-corrected chi connectivity index (χ0v) is 11.4. The van der Waals surface area contributed by atoms with Gasteiger partial charge in [0.2, 0.25) is 0 Å². The first-order chi connectivity index (χ1) is 9.76. The van der Waals surface area contributed by atoms with Crippen molar-refractivity contribution in [3.8, 4) is 0 Å². The van der Waals surface area contributed by atoms with Crippen LogP contribution in [0.1, 0.15) is 5.69 Å².